The monoisotopic (exact) mass is 425 g/mol. The number of benzene rings is 1. The van der Waals surface area contributed by atoms with E-state index in [4.69, 9.17) is 4.98 Å². The maximum Gasteiger partial charge on any atom is 0.223 e. The predicted octanol–water partition coefficient (Wildman–Crippen LogP) is 6.81. The van der Waals surface area contributed by atoms with Crippen molar-refractivity contribution in [1.29, 1.82) is 0 Å². The topological polar surface area (TPSA) is 46.9 Å². The molecule has 31 heavy (non-hydrogen) atoms. The smallest absolute Gasteiger partial charge is 0.223 e. The molecule has 1 saturated carbocycles. The molecule has 1 aliphatic rings. The number of carbonyl (C=O) groups excluding carboxylic acids is 1. The Hall–Kier alpha value is -1.84. The number of aryl methyl sites for hydroxylation is 2. The molecule has 1 amide bonds. The molecule has 0 bridgehead atoms. The molecule has 172 valence electrons. The first-order valence-corrected chi connectivity index (χ1v) is 13.0. The minimum absolute atomic E-state index is 0.274. The van der Waals surface area contributed by atoms with Gasteiger partial charge in [-0.3, -0.25) is 4.79 Å². The van der Waals surface area contributed by atoms with Gasteiger partial charge >= 0.3 is 0 Å². The highest BCUT2D eigenvalue weighted by Gasteiger charge is 2.20. The van der Waals surface area contributed by atoms with E-state index in [1.807, 2.05) is 0 Å². The van der Waals surface area contributed by atoms with Gasteiger partial charge in [0, 0.05) is 25.4 Å². The zero-order chi connectivity index (χ0) is 21.7. The standard InChI is InChI=1S/C27H43N3O/c1-2-3-4-5-6-15-22-30-25-19-13-12-18-24(25)29-26(30)20-11-8-14-21-28-27(31)23-16-9-7-10-17-23/h12-13,18-19,23H,2-11,14-17,20-22H2,1H3,(H,28,31). The second-order valence-electron chi connectivity index (χ2n) is 9.37. The van der Waals surface area contributed by atoms with Gasteiger partial charge in [-0.15, -0.1) is 0 Å². The lowest BCUT2D eigenvalue weighted by Gasteiger charge is -2.20. The van der Waals surface area contributed by atoms with Gasteiger partial charge in [0.1, 0.15) is 5.82 Å². The van der Waals surface area contributed by atoms with Crippen molar-refractivity contribution in [3.63, 3.8) is 0 Å². The van der Waals surface area contributed by atoms with Crippen LogP contribution in [0, 0.1) is 5.92 Å². The number of hydrogen-bond acceptors (Lipinski definition) is 2. The Morgan fingerprint density at radius 3 is 2.55 bits per heavy atom. The van der Waals surface area contributed by atoms with Crippen molar-refractivity contribution in [2.45, 2.75) is 110 Å². The van der Waals surface area contributed by atoms with Gasteiger partial charge in [0.05, 0.1) is 11.0 Å². The maximum absolute atomic E-state index is 12.3. The first-order valence-electron chi connectivity index (χ1n) is 13.0. The molecule has 1 aromatic heterocycles. The van der Waals surface area contributed by atoms with E-state index < -0.39 is 0 Å². The molecular weight excluding hydrogens is 382 g/mol. The number of para-hydroxylation sites is 2. The molecule has 0 spiro atoms. The van der Waals surface area contributed by atoms with E-state index in [1.54, 1.807) is 0 Å². The quantitative estimate of drug-likeness (QED) is 0.338. The zero-order valence-electron chi connectivity index (χ0n) is 19.7. The molecule has 1 N–H and O–H groups in total. The van der Waals surface area contributed by atoms with Crippen LogP contribution in [0.3, 0.4) is 0 Å². The molecule has 1 aromatic carbocycles. The molecule has 0 radical (unpaired) electrons. The summed E-state index contributed by atoms with van der Waals surface area (Å²) in [4.78, 5) is 17.2. The highest BCUT2D eigenvalue weighted by Crippen LogP contribution is 2.23. The molecule has 0 atom stereocenters. The third-order valence-electron chi connectivity index (χ3n) is 6.82. The van der Waals surface area contributed by atoms with E-state index in [2.05, 4.69) is 41.1 Å². The summed E-state index contributed by atoms with van der Waals surface area (Å²) < 4.78 is 2.46. The lowest BCUT2D eigenvalue weighted by molar-refractivity contribution is -0.125. The van der Waals surface area contributed by atoms with Crippen molar-refractivity contribution in [3.8, 4) is 0 Å². The number of nitrogens with zero attached hydrogens (tertiary/aromatic N) is 2. The van der Waals surface area contributed by atoms with E-state index in [-0.39, 0.29) is 5.92 Å². The minimum Gasteiger partial charge on any atom is -0.356 e. The van der Waals surface area contributed by atoms with E-state index in [9.17, 15) is 4.79 Å². The second kappa shape index (κ2) is 13.5. The molecule has 1 fully saturated rings. The van der Waals surface area contributed by atoms with Crippen LogP contribution in [0.15, 0.2) is 24.3 Å². The Kier molecular flexibility index (Phi) is 10.4. The van der Waals surface area contributed by atoms with E-state index >= 15 is 0 Å². The van der Waals surface area contributed by atoms with Crippen LogP contribution in [-0.4, -0.2) is 22.0 Å². The number of fused-ring (bicyclic) bond motifs is 1. The third-order valence-corrected chi connectivity index (χ3v) is 6.82. The van der Waals surface area contributed by atoms with Crippen LogP contribution >= 0.6 is 0 Å². The molecule has 0 unspecified atom stereocenters. The van der Waals surface area contributed by atoms with Crippen LogP contribution < -0.4 is 5.32 Å². The van der Waals surface area contributed by atoms with Crippen molar-refractivity contribution in [1.82, 2.24) is 14.9 Å². The number of aromatic nitrogens is 2. The Morgan fingerprint density at radius 1 is 0.968 bits per heavy atom. The van der Waals surface area contributed by atoms with Crippen molar-refractivity contribution in [2.75, 3.05) is 6.54 Å². The van der Waals surface area contributed by atoms with Crippen molar-refractivity contribution in [2.24, 2.45) is 5.92 Å². The van der Waals surface area contributed by atoms with Crippen molar-refractivity contribution < 1.29 is 4.79 Å². The van der Waals surface area contributed by atoms with Crippen LogP contribution in [0.5, 0.6) is 0 Å². The molecule has 4 nitrogen and oxygen atoms in total. The average molecular weight is 426 g/mol. The number of unbranched alkanes of at least 4 members (excludes halogenated alkanes) is 7. The van der Waals surface area contributed by atoms with Gasteiger partial charge < -0.3 is 9.88 Å². The largest absolute Gasteiger partial charge is 0.356 e. The summed E-state index contributed by atoms with van der Waals surface area (Å²) in [6.45, 7) is 4.18. The Balaban J connectivity index is 1.40. The van der Waals surface area contributed by atoms with Gasteiger partial charge in [0.2, 0.25) is 5.91 Å². The number of nitrogens with one attached hydrogen (secondary N) is 1. The Morgan fingerprint density at radius 2 is 1.71 bits per heavy atom. The maximum atomic E-state index is 12.3. The molecule has 1 heterocycles. The van der Waals surface area contributed by atoms with Gasteiger partial charge in [-0.05, 0) is 44.2 Å². The van der Waals surface area contributed by atoms with Gasteiger partial charge in [-0.2, -0.15) is 0 Å². The summed E-state index contributed by atoms with van der Waals surface area (Å²) in [5, 5.41) is 3.17. The fourth-order valence-electron chi connectivity index (χ4n) is 4.92. The molecule has 0 aliphatic heterocycles. The summed E-state index contributed by atoms with van der Waals surface area (Å²) in [6.07, 6.45) is 18.2. The second-order valence-corrected chi connectivity index (χ2v) is 9.37. The number of carbonyl (C=O) groups is 1. The van der Waals surface area contributed by atoms with Gasteiger partial charge in [0.15, 0.2) is 0 Å². The van der Waals surface area contributed by atoms with Crippen LogP contribution in [0.1, 0.15) is 103 Å². The molecule has 0 saturated heterocycles. The minimum atomic E-state index is 0.274. The van der Waals surface area contributed by atoms with E-state index in [0.29, 0.717) is 5.91 Å². The summed E-state index contributed by atoms with van der Waals surface area (Å²) in [5.41, 5.74) is 2.41. The summed E-state index contributed by atoms with van der Waals surface area (Å²) in [6, 6.07) is 8.56. The number of amides is 1. The third kappa shape index (κ3) is 7.66. The van der Waals surface area contributed by atoms with Crippen molar-refractivity contribution >= 4 is 16.9 Å². The SMILES string of the molecule is CCCCCCCCn1c(CCCCCNC(=O)C2CCCCC2)nc2ccccc21. The first kappa shape index (κ1) is 23.8. The number of imidazole rings is 1. The number of rotatable bonds is 14. The normalized spacial score (nSPS) is 14.9. The zero-order valence-corrected chi connectivity index (χ0v) is 19.7. The fourth-order valence-corrected chi connectivity index (χ4v) is 4.92. The summed E-state index contributed by atoms with van der Waals surface area (Å²) in [5.74, 6) is 1.80. The van der Waals surface area contributed by atoms with E-state index in [0.717, 1.165) is 57.1 Å². The Labute approximate surface area is 189 Å². The van der Waals surface area contributed by atoms with Crippen molar-refractivity contribution in [3.05, 3.63) is 30.1 Å². The molecule has 2 aromatic rings. The first-order chi connectivity index (χ1) is 15.3. The highest BCUT2D eigenvalue weighted by atomic mass is 16.1. The van der Waals surface area contributed by atoms with Gasteiger partial charge in [-0.25, -0.2) is 4.98 Å². The van der Waals surface area contributed by atoms with Crippen LogP contribution in [-0.2, 0) is 17.8 Å². The molecule has 4 heteroatoms. The van der Waals surface area contributed by atoms with Crippen LogP contribution in [0.4, 0.5) is 0 Å². The molecule has 3 rings (SSSR count). The van der Waals surface area contributed by atoms with Gasteiger partial charge in [-0.1, -0.05) is 76.8 Å². The summed E-state index contributed by atoms with van der Waals surface area (Å²) >= 11 is 0. The lowest BCUT2D eigenvalue weighted by Crippen LogP contribution is -2.32. The molecule has 1 aliphatic carbocycles. The lowest BCUT2D eigenvalue weighted by atomic mass is 9.89. The highest BCUT2D eigenvalue weighted by molar-refractivity contribution is 5.78. The fraction of sp³-hybridized carbons (Fsp3) is 0.704. The Bertz CT molecular complexity index is 776. The average Bonchev–Trinajstić information content (AvgIpc) is 3.16. The van der Waals surface area contributed by atoms with Gasteiger partial charge in [0.25, 0.3) is 0 Å². The van der Waals surface area contributed by atoms with Crippen LogP contribution in [0.2, 0.25) is 0 Å². The van der Waals surface area contributed by atoms with Crippen LogP contribution in [0.25, 0.3) is 11.0 Å². The summed E-state index contributed by atoms with van der Waals surface area (Å²) in [7, 11) is 0. The van der Waals surface area contributed by atoms with E-state index in [1.165, 1.54) is 69.1 Å². The number of hydrogen-bond donors (Lipinski definition) is 1. The predicted molar refractivity (Wildman–Crippen MR) is 130 cm³/mol. The molecular formula is C27H43N3O.